The average molecular weight is 482 g/mol. The molecule has 0 fully saturated rings. The zero-order chi connectivity index (χ0) is 24.5. The number of hydrogen-bond acceptors (Lipinski definition) is 6. The number of aromatic nitrogens is 2. The van der Waals surface area contributed by atoms with Crippen LogP contribution in [0, 0.1) is 0 Å². The van der Waals surface area contributed by atoms with Crippen LogP contribution in [0.5, 0.6) is 5.75 Å². The van der Waals surface area contributed by atoms with E-state index < -0.39 is 18.3 Å². The number of halogens is 4. The van der Waals surface area contributed by atoms with Gasteiger partial charge in [-0.3, -0.25) is 4.79 Å². The first-order valence-electron chi connectivity index (χ1n) is 9.58. The maximum Gasteiger partial charge on any atom is 0.387 e. The van der Waals surface area contributed by atoms with Gasteiger partial charge in [0.05, 0.1) is 16.2 Å². The molecule has 2 aromatic rings. The van der Waals surface area contributed by atoms with Crippen LogP contribution in [-0.2, 0) is 4.79 Å². The highest BCUT2D eigenvalue weighted by Crippen LogP contribution is 2.33. The zero-order valence-electron chi connectivity index (χ0n) is 18.2. The Hall–Kier alpha value is -3.37. The molecule has 1 aromatic heterocycles. The summed E-state index contributed by atoms with van der Waals surface area (Å²) >= 11 is 5.58. The van der Waals surface area contributed by atoms with E-state index in [-0.39, 0.29) is 33.5 Å². The van der Waals surface area contributed by atoms with Gasteiger partial charge < -0.3 is 20.3 Å². The Morgan fingerprint density at radius 3 is 2.61 bits per heavy atom. The van der Waals surface area contributed by atoms with Gasteiger partial charge >= 0.3 is 6.61 Å². The standard InChI is InChI=1S/C22H23ClF3N5O2/c1-13(7-8-16(24)14(2)23)29-21-15-10-18(30-20(32)6-5-9-31(3)4)19(33-22(25)26)11-17(15)27-12-28-21/h5-8,10-12,22H,1,9H2,2-4H3,(H,30,32)(H,27,28,29)/b6-5-,8-7-,16-14-. The van der Waals surface area contributed by atoms with Gasteiger partial charge in [-0.05, 0) is 39.2 Å². The average Bonchev–Trinajstić information content (AvgIpc) is 2.72. The second-order valence-corrected chi connectivity index (χ2v) is 7.55. The van der Waals surface area contributed by atoms with Gasteiger partial charge in [0.25, 0.3) is 0 Å². The maximum atomic E-state index is 13.6. The molecular formula is C22H23ClF3N5O2. The Bertz CT molecular complexity index is 1110. The van der Waals surface area contributed by atoms with Crippen molar-refractivity contribution in [1.82, 2.24) is 14.9 Å². The molecule has 0 aliphatic rings. The number of carbonyl (C=O) groups is 1. The molecule has 2 N–H and O–H groups in total. The molecule has 1 heterocycles. The Balaban J connectivity index is 2.39. The number of hydrogen-bond donors (Lipinski definition) is 2. The Kier molecular flexibility index (Phi) is 9.43. The maximum absolute atomic E-state index is 13.6. The van der Waals surface area contributed by atoms with E-state index in [1.807, 2.05) is 19.0 Å². The van der Waals surface area contributed by atoms with Crippen molar-refractivity contribution in [2.45, 2.75) is 13.5 Å². The molecule has 11 heteroatoms. The highest BCUT2D eigenvalue weighted by atomic mass is 35.5. The number of ether oxygens (including phenoxy) is 1. The minimum absolute atomic E-state index is 0.00644. The van der Waals surface area contributed by atoms with Crippen molar-refractivity contribution in [3.8, 4) is 5.75 Å². The van der Waals surface area contributed by atoms with Crippen molar-refractivity contribution < 1.29 is 22.7 Å². The van der Waals surface area contributed by atoms with Crippen LogP contribution < -0.4 is 15.4 Å². The summed E-state index contributed by atoms with van der Waals surface area (Å²) in [6.45, 7) is 2.57. The molecular weight excluding hydrogens is 459 g/mol. The first kappa shape index (κ1) is 25.9. The molecule has 1 aromatic carbocycles. The molecule has 33 heavy (non-hydrogen) atoms. The van der Waals surface area contributed by atoms with Crippen LogP contribution in [0.2, 0.25) is 0 Å². The van der Waals surface area contributed by atoms with Gasteiger partial charge in [0.15, 0.2) is 5.75 Å². The number of fused-ring (bicyclic) bond motifs is 1. The Labute approximate surface area is 194 Å². The number of amides is 1. The number of allylic oxidation sites excluding steroid dienone is 4. The zero-order valence-corrected chi connectivity index (χ0v) is 19.0. The van der Waals surface area contributed by atoms with Crippen molar-refractivity contribution in [2.75, 3.05) is 31.3 Å². The number of anilines is 2. The van der Waals surface area contributed by atoms with Gasteiger partial charge in [-0.1, -0.05) is 24.3 Å². The molecule has 0 unspecified atom stereocenters. The van der Waals surface area contributed by atoms with Gasteiger partial charge in [0.1, 0.15) is 18.0 Å². The third kappa shape index (κ3) is 8.24. The second-order valence-electron chi connectivity index (χ2n) is 6.99. The minimum Gasteiger partial charge on any atom is -0.433 e. The summed E-state index contributed by atoms with van der Waals surface area (Å²) < 4.78 is 44.0. The monoisotopic (exact) mass is 481 g/mol. The summed E-state index contributed by atoms with van der Waals surface area (Å²) in [6, 6.07) is 2.65. The third-order valence-corrected chi connectivity index (χ3v) is 4.17. The van der Waals surface area contributed by atoms with Crippen LogP contribution in [0.25, 0.3) is 10.9 Å². The largest absolute Gasteiger partial charge is 0.433 e. The normalized spacial score (nSPS) is 12.6. The van der Waals surface area contributed by atoms with E-state index >= 15 is 0 Å². The molecule has 0 bridgehead atoms. The van der Waals surface area contributed by atoms with Gasteiger partial charge in [-0.15, -0.1) is 0 Å². The van der Waals surface area contributed by atoms with Crippen LogP contribution in [-0.4, -0.2) is 48.0 Å². The summed E-state index contributed by atoms with van der Waals surface area (Å²) in [6.07, 6.45) is 6.58. The third-order valence-electron chi connectivity index (χ3n) is 3.99. The molecule has 1 amide bonds. The van der Waals surface area contributed by atoms with Crippen LogP contribution in [0.4, 0.5) is 24.7 Å². The molecule has 0 radical (unpaired) electrons. The van der Waals surface area contributed by atoms with Crippen molar-refractivity contribution in [2.24, 2.45) is 0 Å². The summed E-state index contributed by atoms with van der Waals surface area (Å²) in [5, 5.41) is 5.77. The van der Waals surface area contributed by atoms with Crippen molar-refractivity contribution in [3.63, 3.8) is 0 Å². The topological polar surface area (TPSA) is 79.4 Å². The SMILES string of the molecule is C=C(/C=C\C(F)=C(/C)Cl)Nc1ncnc2cc(OC(F)F)c(NC(=O)/C=C\CN(C)C)cc12. The summed E-state index contributed by atoms with van der Waals surface area (Å²) in [7, 11) is 3.67. The van der Waals surface area contributed by atoms with E-state index in [0.717, 1.165) is 6.08 Å². The molecule has 0 atom stereocenters. The number of rotatable bonds is 10. The molecule has 2 rings (SSSR count). The van der Waals surface area contributed by atoms with E-state index in [9.17, 15) is 18.0 Å². The number of benzene rings is 1. The molecule has 0 spiro atoms. The predicted octanol–water partition coefficient (Wildman–Crippen LogP) is 5.21. The molecule has 176 valence electrons. The van der Waals surface area contributed by atoms with E-state index in [1.54, 1.807) is 6.08 Å². The highest BCUT2D eigenvalue weighted by Gasteiger charge is 2.16. The van der Waals surface area contributed by atoms with Crippen LogP contribution >= 0.6 is 11.6 Å². The summed E-state index contributed by atoms with van der Waals surface area (Å²) in [5.41, 5.74) is 0.532. The molecule has 0 aliphatic carbocycles. The van der Waals surface area contributed by atoms with Crippen molar-refractivity contribution in [3.05, 3.63) is 65.9 Å². The number of likely N-dealkylation sites (N-methyl/N-ethyl adjacent to an activating group) is 1. The van der Waals surface area contributed by atoms with Crippen LogP contribution in [0.1, 0.15) is 6.92 Å². The van der Waals surface area contributed by atoms with Gasteiger partial charge in [0, 0.05) is 29.8 Å². The fourth-order valence-electron chi connectivity index (χ4n) is 2.50. The predicted molar refractivity (Wildman–Crippen MR) is 124 cm³/mol. The lowest BCUT2D eigenvalue weighted by Gasteiger charge is -2.14. The second kappa shape index (κ2) is 12.0. The van der Waals surface area contributed by atoms with Crippen molar-refractivity contribution in [1.29, 1.82) is 0 Å². The molecule has 0 aliphatic heterocycles. The summed E-state index contributed by atoms with van der Waals surface area (Å²) in [5.74, 6) is -1.18. The van der Waals surface area contributed by atoms with E-state index in [4.69, 9.17) is 11.6 Å². The highest BCUT2D eigenvalue weighted by molar-refractivity contribution is 6.29. The smallest absolute Gasteiger partial charge is 0.387 e. The van der Waals surface area contributed by atoms with Gasteiger partial charge in [-0.25, -0.2) is 14.4 Å². The lowest BCUT2D eigenvalue weighted by Crippen LogP contribution is -2.14. The first-order chi connectivity index (χ1) is 15.6. The number of alkyl halides is 2. The fraction of sp³-hybridized carbons (Fsp3) is 0.227. The number of nitrogens with zero attached hydrogens (tertiary/aromatic N) is 3. The fourth-order valence-corrected chi connectivity index (χ4v) is 2.56. The lowest BCUT2D eigenvalue weighted by atomic mass is 10.2. The first-order valence-corrected chi connectivity index (χ1v) is 9.96. The molecule has 0 saturated carbocycles. The van der Waals surface area contributed by atoms with Gasteiger partial charge in [0.2, 0.25) is 5.91 Å². The van der Waals surface area contributed by atoms with Crippen LogP contribution in [0.3, 0.4) is 0 Å². The molecule has 7 nitrogen and oxygen atoms in total. The van der Waals surface area contributed by atoms with Crippen LogP contribution in [0.15, 0.2) is 65.9 Å². The number of nitrogens with one attached hydrogen (secondary N) is 2. The van der Waals surface area contributed by atoms with Crippen molar-refractivity contribution >= 4 is 39.9 Å². The van der Waals surface area contributed by atoms with Gasteiger partial charge in [-0.2, -0.15) is 8.78 Å². The van der Waals surface area contributed by atoms with E-state index in [0.29, 0.717) is 11.9 Å². The number of carbonyl (C=O) groups excluding carboxylic acids is 1. The Morgan fingerprint density at radius 2 is 1.97 bits per heavy atom. The minimum atomic E-state index is -3.11. The molecule has 0 saturated heterocycles. The quantitative estimate of drug-likeness (QED) is 0.358. The van der Waals surface area contributed by atoms with E-state index in [1.165, 1.54) is 37.5 Å². The Morgan fingerprint density at radius 1 is 1.24 bits per heavy atom. The summed E-state index contributed by atoms with van der Waals surface area (Å²) in [4.78, 5) is 22.3. The lowest BCUT2D eigenvalue weighted by molar-refractivity contribution is -0.112. The van der Waals surface area contributed by atoms with E-state index in [2.05, 4.69) is 31.9 Å².